The number of hydrogen-bond acceptors (Lipinski definition) is 3. The smallest absolute Gasteiger partial charge is 0.223 e. The Bertz CT molecular complexity index is 788. The van der Waals surface area contributed by atoms with Crippen LogP contribution < -0.4 is 0 Å². The second-order valence-corrected chi connectivity index (χ2v) is 7.68. The van der Waals surface area contributed by atoms with E-state index in [2.05, 4.69) is 14.8 Å². The minimum atomic E-state index is 0.0769. The number of hydrogen-bond donors (Lipinski definition) is 0. The normalized spacial score (nSPS) is 20.0. The van der Waals surface area contributed by atoms with E-state index in [4.69, 9.17) is 11.6 Å². The number of nitrogens with zero attached hydrogens (tertiary/aromatic N) is 4. The molecule has 1 saturated heterocycles. The lowest BCUT2D eigenvalue weighted by Gasteiger charge is -2.25. The third-order valence-electron chi connectivity index (χ3n) is 5.58. The first-order chi connectivity index (χ1) is 12.7. The number of rotatable bonds is 4. The Hall–Kier alpha value is -1.88. The molecule has 2 aromatic rings. The lowest BCUT2D eigenvalue weighted by Crippen LogP contribution is -2.32. The summed E-state index contributed by atoms with van der Waals surface area (Å²) in [5.41, 5.74) is 1.04. The number of fused-ring (bicyclic) bond motifs is 1. The molecule has 4 rings (SSSR count). The van der Waals surface area contributed by atoms with E-state index in [1.807, 2.05) is 29.2 Å². The van der Waals surface area contributed by atoms with Crippen molar-refractivity contribution in [1.29, 1.82) is 0 Å². The molecule has 6 heteroatoms. The van der Waals surface area contributed by atoms with Crippen molar-refractivity contribution in [2.24, 2.45) is 0 Å². The van der Waals surface area contributed by atoms with E-state index in [0.717, 1.165) is 54.6 Å². The topological polar surface area (TPSA) is 51.0 Å². The molecule has 0 bridgehead atoms. The fourth-order valence-electron chi connectivity index (χ4n) is 4.17. The third-order valence-corrected chi connectivity index (χ3v) is 5.94. The van der Waals surface area contributed by atoms with Gasteiger partial charge in [0.15, 0.2) is 5.82 Å². The molecule has 2 aliphatic rings. The molecule has 0 aliphatic carbocycles. The Kier molecular flexibility index (Phi) is 5.25. The molecular formula is C20H25ClN4O. The molecule has 138 valence electrons. The molecule has 1 fully saturated rings. The molecule has 0 radical (unpaired) electrons. The molecule has 2 aliphatic heterocycles. The maximum atomic E-state index is 12.9. The highest BCUT2D eigenvalue weighted by Crippen LogP contribution is 2.33. The third kappa shape index (κ3) is 3.50. The Morgan fingerprint density at radius 3 is 2.88 bits per heavy atom. The van der Waals surface area contributed by atoms with Crippen molar-refractivity contribution in [3.63, 3.8) is 0 Å². The molecule has 0 unspecified atom stereocenters. The minimum absolute atomic E-state index is 0.0769. The van der Waals surface area contributed by atoms with Crippen molar-refractivity contribution in [3.8, 4) is 0 Å². The van der Waals surface area contributed by atoms with Gasteiger partial charge in [-0.15, -0.1) is 10.2 Å². The highest BCUT2D eigenvalue weighted by molar-refractivity contribution is 6.31. The predicted octanol–water partition coefficient (Wildman–Crippen LogP) is 3.95. The van der Waals surface area contributed by atoms with Gasteiger partial charge in [0.2, 0.25) is 5.91 Å². The van der Waals surface area contributed by atoms with Crippen molar-refractivity contribution in [2.45, 2.75) is 64.0 Å². The second kappa shape index (κ2) is 7.78. The fraction of sp³-hybridized carbons (Fsp3) is 0.550. The quantitative estimate of drug-likeness (QED) is 0.816. The van der Waals surface area contributed by atoms with Crippen LogP contribution in [0.1, 0.15) is 61.8 Å². The minimum Gasteiger partial charge on any atom is -0.332 e. The fourth-order valence-corrected chi connectivity index (χ4v) is 4.40. The highest BCUT2D eigenvalue weighted by Gasteiger charge is 2.34. The van der Waals surface area contributed by atoms with Crippen LogP contribution in [0, 0.1) is 0 Å². The van der Waals surface area contributed by atoms with Gasteiger partial charge in [-0.05, 0) is 43.7 Å². The second-order valence-electron chi connectivity index (χ2n) is 7.27. The van der Waals surface area contributed by atoms with Crippen molar-refractivity contribution < 1.29 is 4.79 Å². The largest absolute Gasteiger partial charge is 0.332 e. The van der Waals surface area contributed by atoms with Crippen molar-refractivity contribution in [1.82, 2.24) is 19.7 Å². The Morgan fingerprint density at radius 1 is 1.12 bits per heavy atom. The first-order valence-electron chi connectivity index (χ1n) is 9.69. The molecule has 0 N–H and O–H groups in total. The summed E-state index contributed by atoms with van der Waals surface area (Å²) in [6.45, 7) is 1.80. The number of halogens is 1. The predicted molar refractivity (Wildman–Crippen MR) is 101 cm³/mol. The van der Waals surface area contributed by atoms with Gasteiger partial charge in [0.05, 0.1) is 6.04 Å². The SMILES string of the molecule is O=C(CCc1ccccc1Cl)N1CCC[C@H]1c1nnc2n1CCCCC2. The van der Waals surface area contributed by atoms with Gasteiger partial charge in [0.1, 0.15) is 5.82 Å². The van der Waals surface area contributed by atoms with E-state index in [9.17, 15) is 4.79 Å². The molecule has 1 aromatic heterocycles. The molecule has 1 amide bonds. The van der Waals surface area contributed by atoms with E-state index >= 15 is 0 Å². The molecule has 1 aromatic carbocycles. The number of aryl methyl sites for hydroxylation is 2. The molecular weight excluding hydrogens is 348 g/mol. The van der Waals surface area contributed by atoms with Crippen LogP contribution in [0.25, 0.3) is 0 Å². The summed E-state index contributed by atoms with van der Waals surface area (Å²) in [6.07, 6.45) is 7.78. The van der Waals surface area contributed by atoms with E-state index < -0.39 is 0 Å². The van der Waals surface area contributed by atoms with Gasteiger partial charge in [-0.25, -0.2) is 0 Å². The van der Waals surface area contributed by atoms with Crippen molar-refractivity contribution >= 4 is 17.5 Å². The maximum absolute atomic E-state index is 12.9. The van der Waals surface area contributed by atoms with E-state index in [1.54, 1.807) is 0 Å². The van der Waals surface area contributed by atoms with Gasteiger partial charge < -0.3 is 9.47 Å². The molecule has 5 nitrogen and oxygen atoms in total. The summed E-state index contributed by atoms with van der Waals surface area (Å²) in [5, 5.41) is 9.64. The maximum Gasteiger partial charge on any atom is 0.223 e. The van der Waals surface area contributed by atoms with Gasteiger partial charge in [-0.2, -0.15) is 0 Å². The number of carbonyl (C=O) groups is 1. The van der Waals surface area contributed by atoms with Crippen LogP contribution in [0.15, 0.2) is 24.3 Å². The zero-order chi connectivity index (χ0) is 17.9. The summed E-state index contributed by atoms with van der Waals surface area (Å²) in [7, 11) is 0. The molecule has 0 spiro atoms. The van der Waals surface area contributed by atoms with Crippen LogP contribution in [0.5, 0.6) is 0 Å². The van der Waals surface area contributed by atoms with E-state index in [1.165, 1.54) is 19.3 Å². The van der Waals surface area contributed by atoms with Crippen LogP contribution in [-0.4, -0.2) is 32.1 Å². The monoisotopic (exact) mass is 372 g/mol. The van der Waals surface area contributed by atoms with Crippen LogP contribution in [0.4, 0.5) is 0 Å². The summed E-state index contributed by atoms with van der Waals surface area (Å²) in [6, 6.07) is 7.84. The van der Waals surface area contributed by atoms with E-state index in [-0.39, 0.29) is 11.9 Å². The van der Waals surface area contributed by atoms with Crippen LogP contribution in [0.2, 0.25) is 5.02 Å². The van der Waals surface area contributed by atoms with Crippen LogP contribution in [0.3, 0.4) is 0 Å². The summed E-state index contributed by atoms with van der Waals surface area (Å²) in [5.74, 6) is 2.27. The summed E-state index contributed by atoms with van der Waals surface area (Å²) < 4.78 is 2.28. The lowest BCUT2D eigenvalue weighted by atomic mass is 10.1. The first kappa shape index (κ1) is 17.5. The molecule has 3 heterocycles. The Balaban J connectivity index is 1.47. The van der Waals surface area contributed by atoms with Gasteiger partial charge in [0, 0.05) is 31.0 Å². The highest BCUT2D eigenvalue weighted by atomic mass is 35.5. The van der Waals surface area contributed by atoms with E-state index in [0.29, 0.717) is 12.8 Å². The van der Waals surface area contributed by atoms with Crippen LogP contribution in [-0.2, 0) is 24.2 Å². The number of amides is 1. The number of benzene rings is 1. The summed E-state index contributed by atoms with van der Waals surface area (Å²) in [4.78, 5) is 14.9. The number of carbonyl (C=O) groups excluding carboxylic acids is 1. The standard InChI is InChI=1S/C20H25ClN4O/c21-16-8-4-3-7-15(16)11-12-19(26)24-14-6-9-17(24)20-23-22-18-10-2-1-5-13-25(18)20/h3-4,7-8,17H,1-2,5-6,9-14H2/t17-/m0/s1. The van der Waals surface area contributed by atoms with Gasteiger partial charge in [-0.3, -0.25) is 4.79 Å². The average molecular weight is 373 g/mol. The summed E-state index contributed by atoms with van der Waals surface area (Å²) >= 11 is 6.23. The zero-order valence-corrected chi connectivity index (χ0v) is 15.8. The van der Waals surface area contributed by atoms with Gasteiger partial charge in [0.25, 0.3) is 0 Å². The Labute approximate surface area is 159 Å². The first-order valence-corrected chi connectivity index (χ1v) is 10.1. The number of likely N-dealkylation sites (tertiary alicyclic amines) is 1. The van der Waals surface area contributed by atoms with Crippen molar-refractivity contribution in [2.75, 3.05) is 6.54 Å². The molecule has 26 heavy (non-hydrogen) atoms. The average Bonchev–Trinajstić information content (AvgIpc) is 3.21. The molecule has 1 atom stereocenters. The number of aromatic nitrogens is 3. The Morgan fingerprint density at radius 2 is 2.00 bits per heavy atom. The lowest BCUT2D eigenvalue weighted by molar-refractivity contribution is -0.132. The van der Waals surface area contributed by atoms with Gasteiger partial charge >= 0.3 is 0 Å². The van der Waals surface area contributed by atoms with Gasteiger partial charge in [-0.1, -0.05) is 36.2 Å². The molecule has 0 saturated carbocycles. The van der Waals surface area contributed by atoms with Crippen molar-refractivity contribution in [3.05, 3.63) is 46.5 Å². The zero-order valence-electron chi connectivity index (χ0n) is 15.0. The van der Waals surface area contributed by atoms with Crippen LogP contribution >= 0.6 is 11.6 Å².